The average molecular weight is 189 g/mol. The number of amides is 1. The zero-order chi connectivity index (χ0) is 10.3. The third kappa shape index (κ3) is 4.78. The Balaban J connectivity index is 4.09. The van der Waals surface area contributed by atoms with E-state index >= 15 is 0 Å². The van der Waals surface area contributed by atoms with Crippen LogP contribution in [0, 0.1) is 0 Å². The molecule has 0 saturated heterocycles. The van der Waals surface area contributed by atoms with Crippen LogP contribution >= 0.6 is 0 Å². The number of carbonyl (C=O) groups is 3. The van der Waals surface area contributed by atoms with Gasteiger partial charge in [-0.1, -0.05) is 0 Å². The van der Waals surface area contributed by atoms with Gasteiger partial charge in [0.1, 0.15) is 6.61 Å². The summed E-state index contributed by atoms with van der Waals surface area (Å²) >= 11 is 0. The van der Waals surface area contributed by atoms with E-state index in [1.54, 1.807) is 0 Å². The summed E-state index contributed by atoms with van der Waals surface area (Å²) in [7, 11) is 1.18. The molecule has 0 rings (SSSR count). The van der Waals surface area contributed by atoms with Crippen LogP contribution in [0.15, 0.2) is 0 Å². The molecule has 6 heteroatoms. The molecular weight excluding hydrogens is 178 g/mol. The lowest BCUT2D eigenvalue weighted by Crippen LogP contribution is -2.43. The summed E-state index contributed by atoms with van der Waals surface area (Å²) in [5, 5.41) is 2.27. The summed E-state index contributed by atoms with van der Waals surface area (Å²) in [5.41, 5.74) is 0. The molecule has 13 heavy (non-hydrogen) atoms. The highest BCUT2D eigenvalue weighted by molar-refractivity contribution is 5.83. The Kier molecular flexibility index (Phi) is 5.25. The summed E-state index contributed by atoms with van der Waals surface area (Å²) < 4.78 is 8.68. The lowest BCUT2D eigenvalue weighted by Gasteiger charge is -2.13. The maximum atomic E-state index is 10.9. The number of hydrogen-bond donors (Lipinski definition) is 1. The quantitative estimate of drug-likeness (QED) is 0.435. The minimum absolute atomic E-state index is 0.192. The smallest absolute Gasteiger partial charge is 0.331 e. The summed E-state index contributed by atoms with van der Waals surface area (Å²) in [5.74, 6) is -1.05. The van der Waals surface area contributed by atoms with Crippen molar-refractivity contribution in [3.05, 3.63) is 0 Å². The second kappa shape index (κ2) is 5.99. The Bertz CT molecular complexity index is 203. The van der Waals surface area contributed by atoms with Gasteiger partial charge in [0.05, 0.1) is 7.11 Å². The second-order valence-electron chi connectivity index (χ2n) is 2.21. The van der Waals surface area contributed by atoms with E-state index in [2.05, 4.69) is 14.8 Å². The Morgan fingerprint density at radius 3 is 2.54 bits per heavy atom. The molecule has 1 N–H and O–H groups in total. The van der Waals surface area contributed by atoms with Gasteiger partial charge in [0, 0.05) is 6.92 Å². The molecule has 0 aliphatic carbocycles. The normalized spacial score (nSPS) is 11.2. The number of carbonyl (C=O) groups excluding carboxylic acids is 3. The summed E-state index contributed by atoms with van der Waals surface area (Å²) in [4.78, 5) is 31.3. The summed E-state index contributed by atoms with van der Waals surface area (Å²) in [6, 6.07) is -0.937. The number of esters is 1. The third-order valence-corrected chi connectivity index (χ3v) is 1.19. The van der Waals surface area contributed by atoms with E-state index in [-0.39, 0.29) is 13.1 Å². The molecule has 74 valence electrons. The van der Waals surface area contributed by atoms with E-state index in [0.29, 0.717) is 0 Å². The SMILES string of the molecule is COC(=O)[C@H](COC=O)NC(C)=O. The Hall–Kier alpha value is -1.59. The molecule has 1 amide bonds. The van der Waals surface area contributed by atoms with Gasteiger partial charge < -0.3 is 14.8 Å². The van der Waals surface area contributed by atoms with Gasteiger partial charge in [-0.3, -0.25) is 9.59 Å². The van der Waals surface area contributed by atoms with Gasteiger partial charge in [-0.15, -0.1) is 0 Å². The first kappa shape index (κ1) is 11.4. The van der Waals surface area contributed by atoms with Crippen molar-refractivity contribution in [1.29, 1.82) is 0 Å². The van der Waals surface area contributed by atoms with Crippen LogP contribution in [-0.4, -0.2) is 38.1 Å². The van der Waals surface area contributed by atoms with Crippen LogP contribution in [0.2, 0.25) is 0 Å². The molecule has 1 atom stereocenters. The number of nitrogens with one attached hydrogen (secondary N) is 1. The molecule has 0 saturated carbocycles. The second-order valence-corrected chi connectivity index (χ2v) is 2.21. The minimum atomic E-state index is -0.937. The maximum absolute atomic E-state index is 10.9. The standard InChI is InChI=1S/C7H11NO5/c1-5(10)8-6(3-13-4-9)7(11)12-2/h4,6H,3H2,1-2H3,(H,8,10)/t6-/m0/s1. The van der Waals surface area contributed by atoms with E-state index in [0.717, 1.165) is 0 Å². The molecule has 0 aliphatic heterocycles. The summed E-state index contributed by atoms with van der Waals surface area (Å²) in [6.45, 7) is 1.21. The van der Waals surface area contributed by atoms with E-state index in [1.807, 2.05) is 0 Å². The highest BCUT2D eigenvalue weighted by Crippen LogP contribution is 1.88. The zero-order valence-electron chi connectivity index (χ0n) is 7.40. The van der Waals surface area contributed by atoms with Crippen molar-refractivity contribution in [2.75, 3.05) is 13.7 Å². The predicted octanol–water partition coefficient (Wildman–Crippen LogP) is -1.16. The molecule has 0 aromatic heterocycles. The van der Waals surface area contributed by atoms with Crippen LogP contribution in [-0.2, 0) is 23.9 Å². The highest BCUT2D eigenvalue weighted by Gasteiger charge is 2.20. The van der Waals surface area contributed by atoms with Crippen molar-refractivity contribution in [1.82, 2.24) is 5.32 Å². The molecule has 0 radical (unpaired) electrons. The fraction of sp³-hybridized carbons (Fsp3) is 0.571. The fourth-order valence-corrected chi connectivity index (χ4v) is 0.692. The molecule has 0 aromatic carbocycles. The van der Waals surface area contributed by atoms with Crippen LogP contribution in [0.5, 0.6) is 0 Å². The number of rotatable bonds is 5. The minimum Gasteiger partial charge on any atom is -0.467 e. The number of methoxy groups -OCH3 is 1. The lowest BCUT2D eigenvalue weighted by atomic mass is 10.3. The van der Waals surface area contributed by atoms with Crippen LogP contribution in [0.3, 0.4) is 0 Å². The zero-order valence-corrected chi connectivity index (χ0v) is 7.40. The first-order valence-electron chi connectivity index (χ1n) is 3.52. The van der Waals surface area contributed by atoms with Crippen molar-refractivity contribution in [3.63, 3.8) is 0 Å². The average Bonchev–Trinajstić information content (AvgIpc) is 2.10. The third-order valence-electron chi connectivity index (χ3n) is 1.19. The van der Waals surface area contributed by atoms with Crippen molar-refractivity contribution in [2.45, 2.75) is 13.0 Å². The largest absolute Gasteiger partial charge is 0.467 e. The molecule has 0 bridgehead atoms. The highest BCUT2D eigenvalue weighted by atomic mass is 16.5. The fourth-order valence-electron chi connectivity index (χ4n) is 0.692. The first-order chi connectivity index (χ1) is 6.11. The van der Waals surface area contributed by atoms with E-state index in [1.165, 1.54) is 14.0 Å². The maximum Gasteiger partial charge on any atom is 0.331 e. The molecular formula is C7H11NO5. The molecule has 0 fully saturated rings. The first-order valence-corrected chi connectivity index (χ1v) is 3.52. The van der Waals surface area contributed by atoms with Gasteiger partial charge in [-0.25, -0.2) is 4.79 Å². The lowest BCUT2D eigenvalue weighted by molar-refractivity contribution is -0.147. The van der Waals surface area contributed by atoms with Gasteiger partial charge >= 0.3 is 5.97 Å². The molecule has 0 unspecified atom stereocenters. The molecule has 0 spiro atoms. The molecule has 6 nitrogen and oxygen atoms in total. The van der Waals surface area contributed by atoms with Crippen molar-refractivity contribution in [3.8, 4) is 0 Å². The van der Waals surface area contributed by atoms with E-state index < -0.39 is 17.9 Å². The van der Waals surface area contributed by atoms with Crippen molar-refractivity contribution >= 4 is 18.3 Å². The Morgan fingerprint density at radius 2 is 2.15 bits per heavy atom. The van der Waals surface area contributed by atoms with E-state index in [9.17, 15) is 14.4 Å². The monoisotopic (exact) mass is 189 g/mol. The van der Waals surface area contributed by atoms with Crippen LogP contribution < -0.4 is 5.32 Å². The summed E-state index contributed by atoms with van der Waals surface area (Å²) in [6.07, 6.45) is 0. The van der Waals surface area contributed by atoms with Gasteiger partial charge in [-0.05, 0) is 0 Å². The Morgan fingerprint density at radius 1 is 1.54 bits per heavy atom. The van der Waals surface area contributed by atoms with Gasteiger partial charge in [-0.2, -0.15) is 0 Å². The van der Waals surface area contributed by atoms with Crippen molar-refractivity contribution in [2.24, 2.45) is 0 Å². The van der Waals surface area contributed by atoms with Crippen molar-refractivity contribution < 1.29 is 23.9 Å². The van der Waals surface area contributed by atoms with Crippen LogP contribution in [0.25, 0.3) is 0 Å². The molecule has 0 aliphatic rings. The van der Waals surface area contributed by atoms with Gasteiger partial charge in [0.15, 0.2) is 6.04 Å². The van der Waals surface area contributed by atoms with Gasteiger partial charge in [0.25, 0.3) is 6.47 Å². The van der Waals surface area contributed by atoms with Gasteiger partial charge in [0.2, 0.25) is 5.91 Å². The Labute approximate surface area is 75.2 Å². The molecule has 0 heterocycles. The van der Waals surface area contributed by atoms with Crippen LogP contribution in [0.4, 0.5) is 0 Å². The predicted molar refractivity (Wildman–Crippen MR) is 41.6 cm³/mol. The topological polar surface area (TPSA) is 81.7 Å². The number of hydrogen-bond acceptors (Lipinski definition) is 5. The van der Waals surface area contributed by atoms with E-state index in [4.69, 9.17) is 0 Å². The molecule has 0 aromatic rings. The number of ether oxygens (including phenoxy) is 2. The van der Waals surface area contributed by atoms with Crippen LogP contribution in [0.1, 0.15) is 6.92 Å².